The zero-order valence-corrected chi connectivity index (χ0v) is 13.5. The Morgan fingerprint density at radius 2 is 2.20 bits per heavy atom. The molecule has 0 atom stereocenters. The third-order valence-corrected chi connectivity index (χ3v) is 5.49. The van der Waals surface area contributed by atoms with E-state index in [0.29, 0.717) is 5.01 Å². The Balaban J connectivity index is 2.71. The second kappa shape index (κ2) is 6.61. The van der Waals surface area contributed by atoms with E-state index in [0.717, 1.165) is 4.31 Å². The molecule has 0 bridgehead atoms. The predicted molar refractivity (Wildman–Crippen MR) is 76.5 cm³/mol. The Labute approximate surface area is 123 Å². The highest BCUT2D eigenvalue weighted by atomic mass is 32.2. The molecule has 114 valence electrons. The first kappa shape index (κ1) is 17.0. The van der Waals surface area contributed by atoms with E-state index in [1.165, 1.54) is 25.5 Å². The number of esters is 1. The highest BCUT2D eigenvalue weighted by Gasteiger charge is 2.31. The van der Waals surface area contributed by atoms with Gasteiger partial charge >= 0.3 is 5.97 Å². The van der Waals surface area contributed by atoms with Crippen LogP contribution < -0.4 is 4.72 Å². The molecule has 0 amide bonds. The van der Waals surface area contributed by atoms with Crippen molar-refractivity contribution < 1.29 is 17.9 Å². The maximum atomic E-state index is 12.2. The van der Waals surface area contributed by atoms with Crippen LogP contribution in [0.5, 0.6) is 0 Å². The molecule has 9 heteroatoms. The first-order chi connectivity index (χ1) is 9.19. The summed E-state index contributed by atoms with van der Waals surface area (Å²) in [5, 5.41) is 2.45. The summed E-state index contributed by atoms with van der Waals surface area (Å²) in [6.07, 6.45) is 1.63. The monoisotopic (exact) mass is 321 g/mol. The lowest BCUT2D eigenvalue weighted by Crippen LogP contribution is -2.48. The molecule has 0 fully saturated rings. The SMILES string of the molecule is COC(=O)CCN(C)S(=O)(=O)NC(C)(C)c1nccs1. The van der Waals surface area contributed by atoms with Gasteiger partial charge in [-0.2, -0.15) is 17.4 Å². The Bertz CT molecular complexity index is 540. The van der Waals surface area contributed by atoms with Crippen molar-refractivity contribution in [1.29, 1.82) is 0 Å². The molecule has 1 N–H and O–H groups in total. The van der Waals surface area contributed by atoms with Gasteiger partial charge in [-0.3, -0.25) is 4.79 Å². The molecule has 0 saturated heterocycles. The Morgan fingerprint density at radius 3 is 2.70 bits per heavy atom. The van der Waals surface area contributed by atoms with Crippen LogP contribution in [-0.4, -0.2) is 44.4 Å². The van der Waals surface area contributed by atoms with Crippen LogP contribution in [0.3, 0.4) is 0 Å². The van der Waals surface area contributed by atoms with Gasteiger partial charge in [-0.25, -0.2) is 4.98 Å². The number of aromatic nitrogens is 1. The minimum Gasteiger partial charge on any atom is -0.469 e. The van der Waals surface area contributed by atoms with Crippen LogP contribution in [0.25, 0.3) is 0 Å². The molecule has 0 aromatic carbocycles. The molecule has 0 spiro atoms. The average molecular weight is 321 g/mol. The quantitative estimate of drug-likeness (QED) is 0.747. The fraction of sp³-hybridized carbons (Fsp3) is 0.636. The van der Waals surface area contributed by atoms with Crippen LogP contribution in [0.15, 0.2) is 11.6 Å². The smallest absolute Gasteiger partial charge is 0.306 e. The van der Waals surface area contributed by atoms with Gasteiger partial charge in [0.05, 0.1) is 19.1 Å². The van der Waals surface area contributed by atoms with Gasteiger partial charge in [-0.1, -0.05) is 0 Å². The zero-order valence-electron chi connectivity index (χ0n) is 11.9. The molecule has 0 saturated carbocycles. The van der Waals surface area contributed by atoms with E-state index in [4.69, 9.17) is 0 Å². The third kappa shape index (κ3) is 4.51. The maximum absolute atomic E-state index is 12.2. The van der Waals surface area contributed by atoms with Crippen molar-refractivity contribution in [2.75, 3.05) is 20.7 Å². The van der Waals surface area contributed by atoms with Gasteiger partial charge in [-0.15, -0.1) is 11.3 Å². The van der Waals surface area contributed by atoms with E-state index in [1.54, 1.807) is 25.4 Å². The van der Waals surface area contributed by atoms with Crippen molar-refractivity contribution in [3.63, 3.8) is 0 Å². The van der Waals surface area contributed by atoms with E-state index in [-0.39, 0.29) is 13.0 Å². The molecule has 0 aliphatic carbocycles. The molecule has 0 aliphatic heterocycles. The van der Waals surface area contributed by atoms with E-state index >= 15 is 0 Å². The summed E-state index contributed by atoms with van der Waals surface area (Å²) < 4.78 is 32.5. The van der Waals surface area contributed by atoms with E-state index in [2.05, 4.69) is 14.4 Å². The summed E-state index contributed by atoms with van der Waals surface area (Å²) in [4.78, 5) is 15.2. The maximum Gasteiger partial charge on any atom is 0.306 e. The molecular formula is C11H19N3O4S2. The normalized spacial score (nSPS) is 12.7. The lowest BCUT2D eigenvalue weighted by atomic mass is 10.1. The summed E-state index contributed by atoms with van der Waals surface area (Å²) in [5.74, 6) is -0.453. The fourth-order valence-corrected chi connectivity index (χ4v) is 3.46. The molecule has 0 unspecified atom stereocenters. The van der Waals surface area contributed by atoms with Crippen LogP contribution >= 0.6 is 11.3 Å². The van der Waals surface area contributed by atoms with Crippen molar-refractivity contribution in [1.82, 2.24) is 14.0 Å². The first-order valence-corrected chi connectivity index (χ1v) is 8.23. The number of ether oxygens (including phenoxy) is 1. The second-order valence-electron chi connectivity index (χ2n) is 4.72. The standard InChI is InChI=1S/C11H19N3O4S2/c1-11(2,10-12-6-8-19-10)13-20(16,17)14(3)7-5-9(15)18-4/h6,8,13H,5,7H2,1-4H3. The van der Waals surface area contributed by atoms with Crippen LogP contribution in [0.1, 0.15) is 25.3 Å². The largest absolute Gasteiger partial charge is 0.469 e. The average Bonchev–Trinajstić information content (AvgIpc) is 2.88. The minimum absolute atomic E-state index is 0.00555. The number of thiazole rings is 1. The number of carbonyl (C=O) groups is 1. The third-order valence-electron chi connectivity index (χ3n) is 2.62. The second-order valence-corrected chi connectivity index (χ2v) is 7.39. The first-order valence-electron chi connectivity index (χ1n) is 5.91. The van der Waals surface area contributed by atoms with Gasteiger partial charge in [0.1, 0.15) is 5.01 Å². The van der Waals surface area contributed by atoms with Crippen LogP contribution in [-0.2, 0) is 25.3 Å². The summed E-state index contributed by atoms with van der Waals surface area (Å²) in [6, 6.07) is 0. The molecule has 1 rings (SSSR count). The molecule has 7 nitrogen and oxygen atoms in total. The topological polar surface area (TPSA) is 88.6 Å². The Hall–Kier alpha value is -1.03. The van der Waals surface area contributed by atoms with Crippen molar-refractivity contribution in [2.45, 2.75) is 25.8 Å². The van der Waals surface area contributed by atoms with Crippen LogP contribution in [0, 0.1) is 0 Å². The Morgan fingerprint density at radius 1 is 1.55 bits per heavy atom. The number of hydrogen-bond donors (Lipinski definition) is 1. The molecular weight excluding hydrogens is 302 g/mol. The molecule has 20 heavy (non-hydrogen) atoms. The number of hydrogen-bond acceptors (Lipinski definition) is 6. The van der Waals surface area contributed by atoms with Crippen molar-refractivity contribution in [3.8, 4) is 0 Å². The summed E-state index contributed by atoms with van der Waals surface area (Å²) >= 11 is 1.37. The van der Waals surface area contributed by atoms with E-state index < -0.39 is 21.7 Å². The van der Waals surface area contributed by atoms with E-state index in [9.17, 15) is 13.2 Å². The highest BCUT2D eigenvalue weighted by Crippen LogP contribution is 2.23. The van der Waals surface area contributed by atoms with Gasteiger partial charge in [0, 0.05) is 25.2 Å². The van der Waals surface area contributed by atoms with Crippen molar-refractivity contribution >= 4 is 27.5 Å². The summed E-state index contributed by atoms with van der Waals surface area (Å²) in [5.41, 5.74) is -0.813. The number of nitrogens with one attached hydrogen (secondary N) is 1. The van der Waals surface area contributed by atoms with E-state index in [1.807, 2.05) is 0 Å². The highest BCUT2D eigenvalue weighted by molar-refractivity contribution is 7.87. The minimum atomic E-state index is -3.71. The number of methoxy groups -OCH3 is 1. The van der Waals surface area contributed by atoms with Gasteiger partial charge in [-0.05, 0) is 13.8 Å². The summed E-state index contributed by atoms with van der Waals surface area (Å²) in [7, 11) is -1.04. The number of nitrogens with zero attached hydrogens (tertiary/aromatic N) is 2. The molecule has 0 aliphatic rings. The molecule has 0 radical (unpaired) electrons. The van der Waals surface area contributed by atoms with Gasteiger partial charge in [0.25, 0.3) is 10.2 Å². The van der Waals surface area contributed by atoms with Crippen LogP contribution in [0.4, 0.5) is 0 Å². The molecule has 1 heterocycles. The van der Waals surface area contributed by atoms with Gasteiger partial charge < -0.3 is 4.74 Å². The van der Waals surface area contributed by atoms with Crippen molar-refractivity contribution in [3.05, 3.63) is 16.6 Å². The number of rotatable bonds is 7. The lowest BCUT2D eigenvalue weighted by molar-refractivity contribution is -0.140. The molecule has 1 aromatic heterocycles. The lowest BCUT2D eigenvalue weighted by Gasteiger charge is -2.27. The van der Waals surface area contributed by atoms with Crippen molar-refractivity contribution in [2.24, 2.45) is 0 Å². The zero-order chi connectivity index (χ0) is 15.4. The molecule has 1 aromatic rings. The Kier molecular flexibility index (Phi) is 5.63. The summed E-state index contributed by atoms with van der Waals surface area (Å²) in [6.45, 7) is 3.52. The van der Waals surface area contributed by atoms with Gasteiger partial charge in [0.15, 0.2) is 0 Å². The number of carbonyl (C=O) groups excluding carboxylic acids is 1. The predicted octanol–water partition coefficient (Wildman–Crippen LogP) is 0.708. The van der Waals surface area contributed by atoms with Gasteiger partial charge in [0.2, 0.25) is 0 Å². The fourth-order valence-electron chi connectivity index (χ4n) is 1.45. The van der Waals surface area contributed by atoms with Crippen LogP contribution in [0.2, 0.25) is 0 Å².